The van der Waals surface area contributed by atoms with Crippen LogP contribution in [0.4, 0.5) is 0 Å². The lowest BCUT2D eigenvalue weighted by molar-refractivity contribution is 0.417. The average molecular weight is 350 g/mol. The maximum absolute atomic E-state index is 6.21. The van der Waals surface area contributed by atoms with Crippen LogP contribution in [-0.4, -0.2) is 25.5 Å². The van der Waals surface area contributed by atoms with E-state index in [4.69, 9.17) is 23.2 Å². The molecule has 114 valence electrons. The molecule has 0 amide bonds. The fourth-order valence-electron chi connectivity index (χ4n) is 2.55. The number of nitrogens with zero attached hydrogens (tertiary/aromatic N) is 1. The van der Waals surface area contributed by atoms with Crippen LogP contribution in [0, 0.1) is 0 Å². The van der Waals surface area contributed by atoms with Crippen molar-refractivity contribution in [3.05, 3.63) is 63.6 Å². The van der Waals surface area contributed by atoms with Crippen molar-refractivity contribution < 1.29 is 0 Å². The van der Waals surface area contributed by atoms with Crippen molar-refractivity contribution >= 4 is 40.5 Å². The average Bonchev–Trinajstić information content (AvgIpc) is 2.47. The maximum atomic E-state index is 6.21. The number of benzene rings is 2. The predicted molar refractivity (Wildman–Crippen MR) is 97.3 cm³/mol. The summed E-state index contributed by atoms with van der Waals surface area (Å²) in [6, 6.07) is 12.2. The molecule has 0 N–H and O–H groups in total. The summed E-state index contributed by atoms with van der Waals surface area (Å²) in [5.74, 6) is 0. The molecule has 0 bridgehead atoms. The van der Waals surface area contributed by atoms with Gasteiger partial charge in [0.1, 0.15) is 0 Å². The van der Waals surface area contributed by atoms with Gasteiger partial charge < -0.3 is 4.90 Å². The molecule has 1 aliphatic rings. The highest BCUT2D eigenvalue weighted by Crippen LogP contribution is 2.46. The molecule has 0 unspecified atom stereocenters. The Balaban J connectivity index is 2.09. The van der Waals surface area contributed by atoms with E-state index in [9.17, 15) is 0 Å². The minimum atomic E-state index is 0.767. The van der Waals surface area contributed by atoms with Crippen molar-refractivity contribution in [3.63, 3.8) is 0 Å². The highest BCUT2D eigenvalue weighted by atomic mass is 35.5. The van der Waals surface area contributed by atoms with Crippen LogP contribution in [0.5, 0.6) is 0 Å². The topological polar surface area (TPSA) is 3.24 Å². The van der Waals surface area contributed by atoms with Gasteiger partial charge in [-0.05, 0) is 73.6 Å². The Morgan fingerprint density at radius 2 is 1.50 bits per heavy atom. The first-order valence-electron chi connectivity index (χ1n) is 7.17. The summed E-state index contributed by atoms with van der Waals surface area (Å²) < 4.78 is 0. The third-order valence-electron chi connectivity index (χ3n) is 3.61. The van der Waals surface area contributed by atoms with Crippen LogP contribution in [-0.2, 0) is 0 Å². The zero-order valence-electron chi connectivity index (χ0n) is 12.6. The summed E-state index contributed by atoms with van der Waals surface area (Å²) >= 11 is 14.2. The van der Waals surface area contributed by atoms with Crippen LogP contribution in [0.1, 0.15) is 17.5 Å². The summed E-state index contributed by atoms with van der Waals surface area (Å²) in [6.07, 6.45) is 3.29. The van der Waals surface area contributed by atoms with E-state index in [1.807, 2.05) is 12.1 Å². The number of halogens is 2. The van der Waals surface area contributed by atoms with E-state index >= 15 is 0 Å². The van der Waals surface area contributed by atoms with E-state index in [0.717, 1.165) is 23.0 Å². The van der Waals surface area contributed by atoms with Gasteiger partial charge in [-0.15, -0.1) is 0 Å². The summed E-state index contributed by atoms with van der Waals surface area (Å²) in [5.41, 5.74) is 3.63. The highest BCUT2D eigenvalue weighted by molar-refractivity contribution is 7.99. The van der Waals surface area contributed by atoms with Crippen LogP contribution in [0.25, 0.3) is 5.57 Å². The van der Waals surface area contributed by atoms with Gasteiger partial charge >= 0.3 is 0 Å². The molecule has 1 aliphatic heterocycles. The second-order valence-corrected chi connectivity index (χ2v) is 7.55. The molecular weight excluding hydrogens is 333 g/mol. The molecular formula is C18H17Cl2NS. The van der Waals surface area contributed by atoms with Gasteiger partial charge in [-0.2, -0.15) is 0 Å². The second-order valence-electron chi connectivity index (χ2n) is 5.59. The fraction of sp³-hybridized carbons (Fsp3) is 0.222. The molecule has 0 aromatic heterocycles. The fourth-order valence-corrected chi connectivity index (χ4v) is 3.96. The largest absolute Gasteiger partial charge is 0.309 e. The first-order valence-corrected chi connectivity index (χ1v) is 8.74. The van der Waals surface area contributed by atoms with E-state index in [1.165, 1.54) is 26.5 Å². The molecule has 0 saturated carbocycles. The molecule has 0 atom stereocenters. The van der Waals surface area contributed by atoms with Gasteiger partial charge in [0, 0.05) is 26.4 Å². The first kappa shape index (κ1) is 15.9. The zero-order chi connectivity index (χ0) is 15.7. The Labute approximate surface area is 145 Å². The van der Waals surface area contributed by atoms with E-state index in [2.05, 4.69) is 49.3 Å². The monoisotopic (exact) mass is 349 g/mol. The van der Waals surface area contributed by atoms with E-state index in [0.29, 0.717) is 0 Å². The number of fused-ring (bicyclic) bond motifs is 2. The SMILES string of the molecule is CN(C)CCC=C1c2cc(Cl)ccc2Sc2ccc(Cl)cc21. The van der Waals surface area contributed by atoms with E-state index < -0.39 is 0 Å². The Bertz CT molecular complexity index is 684. The van der Waals surface area contributed by atoms with Crippen molar-refractivity contribution in [3.8, 4) is 0 Å². The molecule has 0 saturated heterocycles. The van der Waals surface area contributed by atoms with Crippen molar-refractivity contribution in [2.75, 3.05) is 20.6 Å². The summed E-state index contributed by atoms with van der Waals surface area (Å²) in [6.45, 7) is 1.02. The van der Waals surface area contributed by atoms with Crippen molar-refractivity contribution in [2.45, 2.75) is 16.2 Å². The second kappa shape index (κ2) is 6.67. The quantitative estimate of drug-likeness (QED) is 0.584. The van der Waals surface area contributed by atoms with Gasteiger partial charge in [0.05, 0.1) is 0 Å². The number of hydrogen-bond acceptors (Lipinski definition) is 2. The van der Waals surface area contributed by atoms with Crippen LogP contribution in [0.2, 0.25) is 10.0 Å². The van der Waals surface area contributed by atoms with E-state index in [-0.39, 0.29) is 0 Å². The van der Waals surface area contributed by atoms with Crippen molar-refractivity contribution in [1.29, 1.82) is 0 Å². The predicted octanol–water partition coefficient (Wildman–Crippen LogP) is 5.84. The van der Waals surface area contributed by atoms with Crippen LogP contribution >= 0.6 is 35.0 Å². The molecule has 2 aromatic rings. The molecule has 1 heterocycles. The summed E-state index contributed by atoms with van der Waals surface area (Å²) in [5, 5.41) is 1.53. The smallest absolute Gasteiger partial charge is 0.0412 e. The molecule has 0 radical (unpaired) electrons. The van der Waals surface area contributed by atoms with Gasteiger partial charge in [-0.3, -0.25) is 0 Å². The minimum absolute atomic E-state index is 0.767. The minimum Gasteiger partial charge on any atom is -0.309 e. The van der Waals surface area contributed by atoms with Crippen molar-refractivity contribution in [1.82, 2.24) is 4.90 Å². The molecule has 4 heteroatoms. The molecule has 3 rings (SSSR count). The third-order valence-corrected chi connectivity index (χ3v) is 5.23. The Kier molecular flexibility index (Phi) is 4.84. The van der Waals surface area contributed by atoms with Crippen LogP contribution < -0.4 is 0 Å². The van der Waals surface area contributed by atoms with Gasteiger partial charge in [0.2, 0.25) is 0 Å². The maximum Gasteiger partial charge on any atom is 0.0412 e. The van der Waals surface area contributed by atoms with Gasteiger partial charge in [-0.1, -0.05) is 41.0 Å². The number of rotatable bonds is 3. The van der Waals surface area contributed by atoms with Gasteiger partial charge in [0.15, 0.2) is 0 Å². The molecule has 0 fully saturated rings. The molecule has 2 aromatic carbocycles. The molecule has 0 spiro atoms. The van der Waals surface area contributed by atoms with Gasteiger partial charge in [-0.25, -0.2) is 0 Å². The zero-order valence-corrected chi connectivity index (χ0v) is 14.9. The van der Waals surface area contributed by atoms with E-state index in [1.54, 1.807) is 11.8 Å². The van der Waals surface area contributed by atoms with Crippen molar-refractivity contribution in [2.24, 2.45) is 0 Å². The van der Waals surface area contributed by atoms with Crippen LogP contribution in [0.15, 0.2) is 52.3 Å². The molecule has 22 heavy (non-hydrogen) atoms. The van der Waals surface area contributed by atoms with Crippen LogP contribution in [0.3, 0.4) is 0 Å². The normalized spacial score (nSPS) is 13.0. The third kappa shape index (κ3) is 3.36. The number of hydrogen-bond donors (Lipinski definition) is 0. The summed E-state index contributed by atoms with van der Waals surface area (Å²) in [7, 11) is 4.18. The molecule has 1 nitrogen and oxygen atoms in total. The highest BCUT2D eigenvalue weighted by Gasteiger charge is 2.21. The van der Waals surface area contributed by atoms with Gasteiger partial charge in [0.25, 0.3) is 0 Å². The Hall–Kier alpha value is -0.930. The Morgan fingerprint density at radius 1 is 0.955 bits per heavy atom. The Morgan fingerprint density at radius 3 is 2.00 bits per heavy atom. The first-order chi connectivity index (χ1) is 10.5. The standard InChI is InChI=1S/C18H17Cl2NS/c1-21(2)9-3-4-14-15-10-12(19)5-7-17(15)22-18-8-6-13(20)11-16(14)18/h4-8,10-11H,3,9H2,1-2H3. The summed E-state index contributed by atoms with van der Waals surface area (Å²) in [4.78, 5) is 4.68. The lowest BCUT2D eigenvalue weighted by atomic mass is 9.96. The lowest BCUT2D eigenvalue weighted by Crippen LogP contribution is -2.12. The lowest BCUT2D eigenvalue weighted by Gasteiger charge is -2.23. The molecule has 0 aliphatic carbocycles.